The minimum absolute atomic E-state index is 0.241. The molecule has 0 aliphatic heterocycles. The van der Waals surface area contributed by atoms with Crippen molar-refractivity contribution in [3.63, 3.8) is 0 Å². The summed E-state index contributed by atoms with van der Waals surface area (Å²) in [5.41, 5.74) is 0. The van der Waals surface area contributed by atoms with E-state index in [1.165, 1.54) is 0 Å². The summed E-state index contributed by atoms with van der Waals surface area (Å²) in [6.45, 7) is 2.43. The summed E-state index contributed by atoms with van der Waals surface area (Å²) < 4.78 is 5.58. The molecule has 0 fully saturated rings. The van der Waals surface area contributed by atoms with Gasteiger partial charge in [-0.3, -0.25) is 4.79 Å². The highest BCUT2D eigenvalue weighted by Crippen LogP contribution is 2.08. The first-order chi connectivity index (χ1) is 8.68. The first kappa shape index (κ1) is 14.5. The fourth-order valence-corrected chi connectivity index (χ4v) is 1.65. The Morgan fingerprint density at radius 1 is 1.22 bits per heavy atom. The van der Waals surface area contributed by atoms with Gasteiger partial charge in [0, 0.05) is 13.0 Å². The molecule has 0 radical (unpaired) electrons. The summed E-state index contributed by atoms with van der Waals surface area (Å²) >= 11 is 0. The van der Waals surface area contributed by atoms with Crippen molar-refractivity contribution in [3.05, 3.63) is 30.3 Å². The summed E-state index contributed by atoms with van der Waals surface area (Å²) in [5, 5.41) is 8.53. The lowest BCUT2D eigenvalue weighted by molar-refractivity contribution is -0.137. The number of para-hydroxylation sites is 1. The second kappa shape index (κ2) is 8.53. The molecule has 0 unspecified atom stereocenters. The molecule has 0 amide bonds. The zero-order valence-electron chi connectivity index (χ0n) is 10.8. The molecule has 1 aromatic rings. The molecule has 0 atom stereocenters. The number of hydrogen-bond acceptors (Lipinski definition) is 3. The van der Waals surface area contributed by atoms with Crippen molar-refractivity contribution in [1.29, 1.82) is 0 Å². The van der Waals surface area contributed by atoms with Crippen LogP contribution < -0.4 is 4.74 Å². The number of rotatable bonds is 9. The monoisotopic (exact) mass is 251 g/mol. The van der Waals surface area contributed by atoms with Crippen LogP contribution in [0.2, 0.25) is 0 Å². The van der Waals surface area contributed by atoms with Crippen molar-refractivity contribution < 1.29 is 14.6 Å². The van der Waals surface area contributed by atoms with E-state index in [0.29, 0.717) is 13.0 Å². The number of carboxylic acid groups (broad SMARTS) is 1. The van der Waals surface area contributed by atoms with Crippen molar-refractivity contribution in [2.75, 3.05) is 26.7 Å². The average molecular weight is 251 g/mol. The molecule has 1 aromatic carbocycles. The maximum atomic E-state index is 10.4. The van der Waals surface area contributed by atoms with Crippen LogP contribution in [0.4, 0.5) is 0 Å². The Bertz CT molecular complexity index is 340. The third kappa shape index (κ3) is 6.91. The van der Waals surface area contributed by atoms with E-state index < -0.39 is 5.97 Å². The largest absolute Gasteiger partial charge is 0.494 e. The van der Waals surface area contributed by atoms with Crippen LogP contribution in [0.15, 0.2) is 30.3 Å². The van der Waals surface area contributed by atoms with Crippen molar-refractivity contribution in [2.45, 2.75) is 19.3 Å². The Labute approximate surface area is 108 Å². The summed E-state index contributed by atoms with van der Waals surface area (Å²) in [5.74, 6) is 0.168. The predicted octanol–water partition coefficient (Wildman–Crippen LogP) is 2.25. The van der Waals surface area contributed by atoms with E-state index in [9.17, 15) is 4.79 Å². The zero-order valence-corrected chi connectivity index (χ0v) is 10.8. The van der Waals surface area contributed by atoms with Crippen molar-refractivity contribution in [1.82, 2.24) is 4.90 Å². The van der Waals surface area contributed by atoms with E-state index in [0.717, 1.165) is 25.3 Å². The highest BCUT2D eigenvalue weighted by molar-refractivity contribution is 5.66. The molecular weight excluding hydrogens is 230 g/mol. The molecule has 4 heteroatoms. The molecule has 1 rings (SSSR count). The van der Waals surface area contributed by atoms with Crippen LogP contribution in [-0.2, 0) is 4.79 Å². The Hall–Kier alpha value is -1.55. The van der Waals surface area contributed by atoms with Crippen LogP contribution >= 0.6 is 0 Å². The molecule has 0 spiro atoms. The number of hydrogen-bond donors (Lipinski definition) is 1. The van der Waals surface area contributed by atoms with Crippen LogP contribution in [0, 0.1) is 0 Å². The zero-order chi connectivity index (χ0) is 13.2. The molecule has 4 nitrogen and oxygen atoms in total. The van der Waals surface area contributed by atoms with Crippen LogP contribution in [0.5, 0.6) is 5.75 Å². The van der Waals surface area contributed by atoms with Crippen molar-refractivity contribution in [2.24, 2.45) is 0 Å². The average Bonchev–Trinajstić information content (AvgIpc) is 2.35. The maximum Gasteiger partial charge on any atom is 0.303 e. The van der Waals surface area contributed by atoms with Gasteiger partial charge in [-0.2, -0.15) is 0 Å². The highest BCUT2D eigenvalue weighted by atomic mass is 16.5. The lowest BCUT2D eigenvalue weighted by Gasteiger charge is -2.15. The van der Waals surface area contributed by atoms with E-state index in [4.69, 9.17) is 9.84 Å². The number of benzene rings is 1. The van der Waals surface area contributed by atoms with Gasteiger partial charge in [0.15, 0.2) is 0 Å². The Morgan fingerprint density at radius 2 is 1.89 bits per heavy atom. The first-order valence-corrected chi connectivity index (χ1v) is 6.26. The summed E-state index contributed by atoms with van der Waals surface area (Å²) in [6, 6.07) is 9.75. The number of carboxylic acids is 1. The van der Waals surface area contributed by atoms with E-state index in [2.05, 4.69) is 4.90 Å². The second-order valence-corrected chi connectivity index (χ2v) is 4.32. The normalized spacial score (nSPS) is 10.6. The van der Waals surface area contributed by atoms with Gasteiger partial charge in [0.05, 0.1) is 6.61 Å². The third-order valence-electron chi connectivity index (χ3n) is 2.63. The van der Waals surface area contributed by atoms with Gasteiger partial charge >= 0.3 is 5.97 Å². The standard InChI is InChI=1S/C14H21NO3/c1-15(10-5-9-14(16)17)11-6-12-18-13-7-3-2-4-8-13/h2-4,7-8H,5-6,9-12H2,1H3,(H,16,17). The molecule has 0 bridgehead atoms. The van der Waals surface area contributed by atoms with Gasteiger partial charge in [0.1, 0.15) is 5.75 Å². The molecule has 18 heavy (non-hydrogen) atoms. The SMILES string of the molecule is CN(CCCOc1ccccc1)CCCC(=O)O. The highest BCUT2D eigenvalue weighted by Gasteiger charge is 2.01. The number of nitrogens with zero attached hydrogens (tertiary/aromatic N) is 1. The quantitative estimate of drug-likeness (QED) is 0.684. The van der Waals surface area contributed by atoms with Crippen LogP contribution in [0.1, 0.15) is 19.3 Å². The Kier molecular flexibility index (Phi) is 6.87. The predicted molar refractivity (Wildman–Crippen MR) is 70.9 cm³/mol. The number of ether oxygens (including phenoxy) is 1. The van der Waals surface area contributed by atoms with Gasteiger partial charge in [-0.05, 0) is 38.6 Å². The van der Waals surface area contributed by atoms with E-state index in [1.54, 1.807) is 0 Å². The lowest BCUT2D eigenvalue weighted by Crippen LogP contribution is -2.23. The topological polar surface area (TPSA) is 49.8 Å². The molecule has 0 heterocycles. The summed E-state index contributed by atoms with van der Waals surface area (Å²) in [4.78, 5) is 12.5. The number of aliphatic carboxylic acids is 1. The Balaban J connectivity index is 2.02. The molecule has 1 N–H and O–H groups in total. The molecular formula is C14H21NO3. The summed E-state index contributed by atoms with van der Waals surface area (Å²) in [6.07, 6.45) is 1.88. The van der Waals surface area contributed by atoms with Gasteiger partial charge in [0.2, 0.25) is 0 Å². The molecule has 0 aliphatic rings. The van der Waals surface area contributed by atoms with Gasteiger partial charge < -0.3 is 14.7 Å². The van der Waals surface area contributed by atoms with E-state index >= 15 is 0 Å². The third-order valence-corrected chi connectivity index (χ3v) is 2.63. The van der Waals surface area contributed by atoms with Crippen molar-refractivity contribution in [3.8, 4) is 5.75 Å². The van der Waals surface area contributed by atoms with Gasteiger partial charge in [-0.25, -0.2) is 0 Å². The fourth-order valence-electron chi connectivity index (χ4n) is 1.65. The molecule has 0 aromatic heterocycles. The van der Waals surface area contributed by atoms with Gasteiger partial charge in [-0.1, -0.05) is 18.2 Å². The minimum Gasteiger partial charge on any atom is -0.494 e. The first-order valence-electron chi connectivity index (χ1n) is 6.26. The molecule has 100 valence electrons. The van der Waals surface area contributed by atoms with Crippen LogP contribution in [-0.4, -0.2) is 42.7 Å². The van der Waals surface area contributed by atoms with Crippen LogP contribution in [0.25, 0.3) is 0 Å². The van der Waals surface area contributed by atoms with Gasteiger partial charge in [-0.15, -0.1) is 0 Å². The molecule has 0 saturated heterocycles. The lowest BCUT2D eigenvalue weighted by atomic mass is 10.3. The molecule has 0 aliphatic carbocycles. The van der Waals surface area contributed by atoms with E-state index in [-0.39, 0.29) is 6.42 Å². The van der Waals surface area contributed by atoms with Crippen LogP contribution in [0.3, 0.4) is 0 Å². The smallest absolute Gasteiger partial charge is 0.303 e. The van der Waals surface area contributed by atoms with Gasteiger partial charge in [0.25, 0.3) is 0 Å². The summed E-state index contributed by atoms with van der Waals surface area (Å²) in [7, 11) is 2.00. The Morgan fingerprint density at radius 3 is 2.56 bits per heavy atom. The van der Waals surface area contributed by atoms with Crippen molar-refractivity contribution >= 4 is 5.97 Å². The fraction of sp³-hybridized carbons (Fsp3) is 0.500. The number of carbonyl (C=O) groups is 1. The van der Waals surface area contributed by atoms with E-state index in [1.807, 2.05) is 37.4 Å². The maximum absolute atomic E-state index is 10.4. The molecule has 0 saturated carbocycles. The minimum atomic E-state index is -0.726. The second-order valence-electron chi connectivity index (χ2n) is 4.32.